The SMILES string of the molecule is COc1ccc(C(=O)N/N=C2\CCCc3oc(C(=O)Nc4ccccn4)c(C)c32)cc1. The number of anilines is 1. The minimum Gasteiger partial charge on any atom is -0.497 e. The van der Waals surface area contributed by atoms with Gasteiger partial charge >= 0.3 is 0 Å². The maximum Gasteiger partial charge on any atom is 0.292 e. The van der Waals surface area contributed by atoms with Gasteiger partial charge in [0, 0.05) is 29.3 Å². The first-order valence-electron chi connectivity index (χ1n) is 9.93. The van der Waals surface area contributed by atoms with E-state index in [0.717, 1.165) is 12.0 Å². The number of rotatable bonds is 5. The van der Waals surface area contributed by atoms with Crippen LogP contribution in [0.2, 0.25) is 0 Å². The molecule has 1 aliphatic rings. The van der Waals surface area contributed by atoms with Gasteiger partial charge < -0.3 is 14.5 Å². The number of aryl methyl sites for hydroxylation is 1. The van der Waals surface area contributed by atoms with E-state index in [-0.39, 0.29) is 17.6 Å². The number of carbonyl (C=O) groups excluding carboxylic acids is 2. The Kier molecular flexibility index (Phi) is 5.79. The number of benzene rings is 1. The summed E-state index contributed by atoms with van der Waals surface area (Å²) in [4.78, 5) is 29.3. The number of nitrogens with zero attached hydrogens (tertiary/aromatic N) is 2. The van der Waals surface area contributed by atoms with Crippen LogP contribution in [0.5, 0.6) is 5.75 Å². The minimum atomic E-state index is -0.368. The number of ether oxygens (including phenoxy) is 1. The predicted octanol–water partition coefficient (Wildman–Crippen LogP) is 3.71. The second-order valence-electron chi connectivity index (χ2n) is 7.10. The molecule has 2 amide bonds. The molecule has 0 unspecified atom stereocenters. The molecule has 8 heteroatoms. The molecule has 1 aliphatic carbocycles. The van der Waals surface area contributed by atoms with Crippen LogP contribution in [-0.2, 0) is 6.42 Å². The molecule has 8 nitrogen and oxygen atoms in total. The lowest BCUT2D eigenvalue weighted by Crippen LogP contribution is -2.22. The number of furan rings is 1. The van der Waals surface area contributed by atoms with Gasteiger partial charge in [0.2, 0.25) is 0 Å². The Morgan fingerprint density at radius 2 is 1.90 bits per heavy atom. The standard InChI is InChI=1S/C23H22N4O4/c1-14-20-17(26-27-22(28)15-9-11-16(30-2)12-10-15)6-5-7-18(20)31-21(14)23(29)25-19-8-3-4-13-24-19/h3-4,8-13H,5-7H2,1-2H3,(H,27,28)(H,24,25,29)/b26-17+. The van der Waals surface area contributed by atoms with Crippen molar-refractivity contribution in [2.75, 3.05) is 12.4 Å². The summed E-state index contributed by atoms with van der Waals surface area (Å²) in [5, 5.41) is 7.08. The summed E-state index contributed by atoms with van der Waals surface area (Å²) in [6, 6.07) is 12.0. The summed E-state index contributed by atoms with van der Waals surface area (Å²) in [6.45, 7) is 1.82. The van der Waals surface area contributed by atoms with Gasteiger partial charge in [-0.2, -0.15) is 5.10 Å². The number of fused-ring (bicyclic) bond motifs is 1. The second kappa shape index (κ2) is 8.83. The summed E-state index contributed by atoms with van der Waals surface area (Å²) >= 11 is 0. The number of amides is 2. The fourth-order valence-electron chi connectivity index (χ4n) is 3.53. The second-order valence-corrected chi connectivity index (χ2v) is 7.10. The molecule has 0 aliphatic heterocycles. The highest BCUT2D eigenvalue weighted by molar-refractivity contribution is 6.09. The normalized spacial score (nSPS) is 14.1. The topological polar surface area (TPSA) is 106 Å². The molecule has 3 aromatic rings. The van der Waals surface area contributed by atoms with Crippen molar-refractivity contribution >= 4 is 23.3 Å². The quantitative estimate of drug-likeness (QED) is 0.615. The molecule has 0 atom stereocenters. The van der Waals surface area contributed by atoms with E-state index < -0.39 is 0 Å². The number of hydrazone groups is 1. The fraction of sp³-hybridized carbons (Fsp3) is 0.217. The molecule has 158 valence electrons. The van der Waals surface area contributed by atoms with Crippen LogP contribution in [0, 0.1) is 6.92 Å². The Labute approximate surface area is 179 Å². The van der Waals surface area contributed by atoms with Gasteiger partial charge in [0.25, 0.3) is 11.8 Å². The zero-order valence-corrected chi connectivity index (χ0v) is 17.3. The van der Waals surface area contributed by atoms with Crippen LogP contribution in [0.15, 0.2) is 58.2 Å². The Balaban J connectivity index is 1.54. The molecule has 4 rings (SSSR count). The minimum absolute atomic E-state index is 0.228. The van der Waals surface area contributed by atoms with E-state index in [1.807, 2.05) is 6.92 Å². The van der Waals surface area contributed by atoms with Crippen LogP contribution >= 0.6 is 0 Å². The third-order valence-corrected chi connectivity index (χ3v) is 5.08. The number of hydrogen-bond acceptors (Lipinski definition) is 6. The summed E-state index contributed by atoms with van der Waals surface area (Å²) in [6.07, 6.45) is 3.81. The average molecular weight is 418 g/mol. The highest BCUT2D eigenvalue weighted by Gasteiger charge is 2.28. The van der Waals surface area contributed by atoms with Gasteiger partial charge in [-0.25, -0.2) is 10.4 Å². The number of hydrogen-bond donors (Lipinski definition) is 2. The van der Waals surface area contributed by atoms with Crippen molar-refractivity contribution in [3.05, 3.63) is 76.9 Å². The fourth-order valence-corrected chi connectivity index (χ4v) is 3.53. The van der Waals surface area contributed by atoms with Crippen LogP contribution in [0.25, 0.3) is 0 Å². The van der Waals surface area contributed by atoms with E-state index in [1.54, 1.807) is 55.8 Å². The van der Waals surface area contributed by atoms with Crippen molar-refractivity contribution in [2.45, 2.75) is 26.2 Å². The van der Waals surface area contributed by atoms with E-state index in [9.17, 15) is 9.59 Å². The van der Waals surface area contributed by atoms with Crippen LogP contribution in [-0.4, -0.2) is 29.6 Å². The van der Waals surface area contributed by atoms with Gasteiger partial charge in [0.15, 0.2) is 5.76 Å². The van der Waals surface area contributed by atoms with Crippen molar-refractivity contribution in [3.8, 4) is 5.75 Å². The highest BCUT2D eigenvalue weighted by Crippen LogP contribution is 2.30. The van der Waals surface area contributed by atoms with Gasteiger partial charge in [0.1, 0.15) is 17.3 Å². The summed E-state index contributed by atoms with van der Waals surface area (Å²) < 4.78 is 11.0. The maximum atomic E-state index is 12.7. The Morgan fingerprint density at radius 1 is 1.10 bits per heavy atom. The van der Waals surface area contributed by atoms with Crippen LogP contribution < -0.4 is 15.5 Å². The first kappa shape index (κ1) is 20.3. The van der Waals surface area contributed by atoms with E-state index in [2.05, 4.69) is 20.8 Å². The zero-order chi connectivity index (χ0) is 21.8. The van der Waals surface area contributed by atoms with Crippen LogP contribution in [0.3, 0.4) is 0 Å². The number of methoxy groups -OCH3 is 1. The number of pyridine rings is 1. The molecule has 0 fully saturated rings. The molecule has 0 saturated heterocycles. The largest absolute Gasteiger partial charge is 0.497 e. The van der Waals surface area contributed by atoms with Crippen LogP contribution in [0.1, 0.15) is 50.6 Å². The Hall–Kier alpha value is -3.94. The zero-order valence-electron chi connectivity index (χ0n) is 17.3. The highest BCUT2D eigenvalue weighted by atomic mass is 16.5. The molecule has 0 bridgehead atoms. The maximum absolute atomic E-state index is 12.7. The molecule has 2 heterocycles. The van der Waals surface area contributed by atoms with Gasteiger partial charge in [-0.15, -0.1) is 0 Å². The molecule has 0 saturated carbocycles. The van der Waals surface area contributed by atoms with Crippen molar-refractivity contribution in [3.63, 3.8) is 0 Å². The summed E-state index contributed by atoms with van der Waals surface area (Å²) in [5.41, 5.74) is 5.26. The number of aromatic nitrogens is 1. The first-order valence-corrected chi connectivity index (χ1v) is 9.93. The van der Waals surface area contributed by atoms with Gasteiger partial charge in [-0.1, -0.05) is 6.07 Å². The Morgan fingerprint density at radius 3 is 2.61 bits per heavy atom. The molecule has 0 radical (unpaired) electrons. The predicted molar refractivity (Wildman–Crippen MR) is 116 cm³/mol. The third-order valence-electron chi connectivity index (χ3n) is 5.08. The average Bonchev–Trinajstić information content (AvgIpc) is 3.15. The van der Waals surface area contributed by atoms with E-state index in [1.165, 1.54) is 0 Å². The van der Waals surface area contributed by atoms with Gasteiger partial charge in [-0.05, 0) is 56.2 Å². The molecular weight excluding hydrogens is 396 g/mol. The molecular formula is C23H22N4O4. The monoisotopic (exact) mass is 418 g/mol. The lowest BCUT2D eigenvalue weighted by Gasteiger charge is -2.13. The first-order chi connectivity index (χ1) is 15.1. The molecule has 2 aromatic heterocycles. The molecule has 2 N–H and O–H groups in total. The van der Waals surface area contributed by atoms with Gasteiger partial charge in [-0.3, -0.25) is 9.59 Å². The van der Waals surface area contributed by atoms with Crippen molar-refractivity contribution in [2.24, 2.45) is 5.10 Å². The van der Waals surface area contributed by atoms with Crippen molar-refractivity contribution < 1.29 is 18.7 Å². The van der Waals surface area contributed by atoms with Crippen LogP contribution in [0.4, 0.5) is 5.82 Å². The third kappa shape index (κ3) is 4.32. The molecule has 31 heavy (non-hydrogen) atoms. The summed E-state index contributed by atoms with van der Waals surface area (Å²) in [5.74, 6) is 1.36. The number of nitrogens with one attached hydrogen (secondary N) is 2. The molecule has 1 aromatic carbocycles. The Bertz CT molecular complexity index is 1130. The number of carbonyl (C=O) groups is 2. The smallest absolute Gasteiger partial charge is 0.292 e. The van der Waals surface area contributed by atoms with E-state index >= 15 is 0 Å². The summed E-state index contributed by atoms with van der Waals surface area (Å²) in [7, 11) is 1.57. The van der Waals surface area contributed by atoms with Crippen molar-refractivity contribution in [1.29, 1.82) is 0 Å². The molecule has 0 spiro atoms. The van der Waals surface area contributed by atoms with Gasteiger partial charge in [0.05, 0.1) is 12.8 Å². The van der Waals surface area contributed by atoms with Crippen molar-refractivity contribution in [1.82, 2.24) is 10.4 Å². The lowest BCUT2D eigenvalue weighted by atomic mass is 9.93. The lowest BCUT2D eigenvalue weighted by molar-refractivity contribution is 0.0953. The van der Waals surface area contributed by atoms with E-state index in [0.29, 0.717) is 47.0 Å². The van der Waals surface area contributed by atoms with E-state index in [4.69, 9.17) is 9.15 Å².